The van der Waals surface area contributed by atoms with Crippen molar-refractivity contribution in [1.29, 1.82) is 0 Å². The van der Waals surface area contributed by atoms with E-state index in [4.69, 9.17) is 34.8 Å². The minimum absolute atomic E-state index is 0.0438. The van der Waals surface area contributed by atoms with E-state index < -0.39 is 8.07 Å². The lowest BCUT2D eigenvalue weighted by Gasteiger charge is -2.53. The van der Waals surface area contributed by atoms with E-state index in [-0.39, 0.29) is 64.2 Å². The maximum absolute atomic E-state index is 7.32. The van der Waals surface area contributed by atoms with Crippen LogP contribution in [0.1, 0.15) is 70.9 Å². The van der Waals surface area contributed by atoms with Gasteiger partial charge in [0.1, 0.15) is 24.4 Å². The normalized spacial score (nSPS) is 36.3. The SMILES string of the molecule is C#CC[C@H]1O[C@H]2C[C@H]3O[C@@H](CC4(C)SCCCS4)[C@H](OCc4ccccc4)[C@@H](OCc4ccccc4)[C@@H]3O[C@@H]2C[C@@]2([Si](CC)(CC)CC)O[C@@H]12. The third kappa shape index (κ3) is 7.41. The molecular weight excluding hydrogens is 681 g/mol. The van der Waals surface area contributed by atoms with Crippen LogP contribution in [0.15, 0.2) is 60.7 Å². The van der Waals surface area contributed by atoms with Gasteiger partial charge in [-0.1, -0.05) is 99.6 Å². The Hall–Kier alpha value is -1.32. The molecule has 7 rings (SSSR count). The fourth-order valence-electron chi connectivity index (χ4n) is 9.48. The molecule has 50 heavy (non-hydrogen) atoms. The van der Waals surface area contributed by atoms with Gasteiger partial charge in [0, 0.05) is 19.3 Å². The van der Waals surface area contributed by atoms with E-state index in [0.29, 0.717) is 19.6 Å². The first-order chi connectivity index (χ1) is 24.4. The van der Waals surface area contributed by atoms with Crippen molar-refractivity contribution in [3.8, 4) is 12.3 Å². The molecule has 6 nitrogen and oxygen atoms in total. The van der Waals surface area contributed by atoms with Crippen LogP contribution in [0.4, 0.5) is 0 Å². The number of ether oxygens (including phenoxy) is 6. The molecule has 5 fully saturated rings. The lowest BCUT2D eigenvalue weighted by atomic mass is 9.85. The molecule has 0 aliphatic carbocycles. The second-order valence-electron chi connectivity index (χ2n) is 15.1. The number of terminal acetylenes is 1. The average Bonchev–Trinajstić information content (AvgIpc) is 3.88. The van der Waals surface area contributed by atoms with Crippen molar-refractivity contribution in [1.82, 2.24) is 0 Å². The van der Waals surface area contributed by atoms with Crippen LogP contribution >= 0.6 is 23.5 Å². The molecule has 0 aromatic heterocycles. The van der Waals surface area contributed by atoms with Crippen LogP contribution in [0.3, 0.4) is 0 Å². The quantitative estimate of drug-likeness (QED) is 0.116. The molecule has 2 aromatic carbocycles. The molecule has 0 radical (unpaired) electrons. The number of epoxide rings is 1. The maximum Gasteiger partial charge on any atom is 0.115 e. The third-order valence-corrected chi connectivity index (χ3v) is 22.1. The summed E-state index contributed by atoms with van der Waals surface area (Å²) in [5, 5.41) is -0.176. The van der Waals surface area contributed by atoms with Crippen LogP contribution in [0.25, 0.3) is 0 Å². The fourth-order valence-corrected chi connectivity index (χ4v) is 17.6. The maximum atomic E-state index is 7.32. The topological polar surface area (TPSA) is 58.7 Å². The predicted molar refractivity (Wildman–Crippen MR) is 206 cm³/mol. The standard InChI is InChI=1S/C41H56O6S2Si/c1-6-17-31-39-41(47-39,50(7-2,8-3)9-4)26-34-32(44-31)24-33-37(46-34)38(43-28-30-20-14-11-15-21-30)36(42-27-29-18-12-10-13-19-29)35(45-33)25-40(5)48-22-16-23-49-40/h1,10-15,18-21,31-39H,7-9,16-17,22-28H2,2-5H3/t31-,32+,33-,34-,35+,36+,37-,38-,39+,41+/m1/s1. The first-order valence-corrected chi connectivity index (χ1v) is 23.6. The predicted octanol–water partition coefficient (Wildman–Crippen LogP) is 8.42. The van der Waals surface area contributed by atoms with E-state index in [0.717, 1.165) is 30.4 Å². The summed E-state index contributed by atoms with van der Waals surface area (Å²) >= 11 is 4.12. The molecule has 0 bridgehead atoms. The number of benzene rings is 2. The lowest BCUT2D eigenvalue weighted by Crippen LogP contribution is -2.65. The molecule has 5 heterocycles. The molecule has 5 aliphatic heterocycles. The van der Waals surface area contributed by atoms with Crippen LogP contribution in [0, 0.1) is 12.3 Å². The van der Waals surface area contributed by atoms with E-state index in [9.17, 15) is 0 Å². The summed E-state index contributed by atoms with van der Waals surface area (Å²) in [5.41, 5.74) is 2.28. The van der Waals surface area contributed by atoms with Gasteiger partial charge in [0.05, 0.1) is 61.1 Å². The van der Waals surface area contributed by atoms with Gasteiger partial charge in [-0.3, -0.25) is 0 Å². The Morgan fingerprint density at radius 1 is 0.800 bits per heavy atom. The summed E-state index contributed by atoms with van der Waals surface area (Å²) in [6, 6.07) is 24.5. The first kappa shape index (κ1) is 37.0. The zero-order valence-electron chi connectivity index (χ0n) is 30.3. The van der Waals surface area contributed by atoms with Crippen molar-refractivity contribution in [3.05, 3.63) is 71.8 Å². The van der Waals surface area contributed by atoms with E-state index in [1.165, 1.54) is 36.1 Å². The van der Waals surface area contributed by atoms with Crippen molar-refractivity contribution < 1.29 is 28.4 Å². The zero-order valence-corrected chi connectivity index (χ0v) is 32.9. The minimum Gasteiger partial charge on any atom is -0.369 e. The molecular formula is C41H56O6S2Si. The molecule has 0 spiro atoms. The van der Waals surface area contributed by atoms with Gasteiger partial charge in [0.15, 0.2) is 0 Å². The monoisotopic (exact) mass is 736 g/mol. The van der Waals surface area contributed by atoms with Gasteiger partial charge >= 0.3 is 0 Å². The summed E-state index contributed by atoms with van der Waals surface area (Å²) < 4.78 is 42.4. The summed E-state index contributed by atoms with van der Waals surface area (Å²) in [4.78, 5) is 0. The molecule has 2 aromatic rings. The Morgan fingerprint density at radius 2 is 1.40 bits per heavy atom. The van der Waals surface area contributed by atoms with Gasteiger partial charge in [-0.05, 0) is 42.4 Å². The van der Waals surface area contributed by atoms with Gasteiger partial charge in [-0.15, -0.1) is 35.9 Å². The van der Waals surface area contributed by atoms with Crippen LogP contribution in [-0.2, 0) is 41.6 Å². The Balaban J connectivity index is 1.22. The van der Waals surface area contributed by atoms with Crippen LogP contribution < -0.4 is 0 Å². The van der Waals surface area contributed by atoms with Gasteiger partial charge < -0.3 is 28.4 Å². The highest BCUT2D eigenvalue weighted by Gasteiger charge is 2.72. The number of hydrogen-bond donors (Lipinski definition) is 0. The zero-order chi connectivity index (χ0) is 34.8. The van der Waals surface area contributed by atoms with Crippen molar-refractivity contribution in [2.24, 2.45) is 0 Å². The van der Waals surface area contributed by atoms with Gasteiger partial charge in [-0.2, -0.15) is 0 Å². The number of fused-ring (bicyclic) bond motifs is 3. The van der Waals surface area contributed by atoms with Gasteiger partial charge in [0.2, 0.25) is 0 Å². The summed E-state index contributed by atoms with van der Waals surface area (Å²) in [7, 11) is -1.82. The molecule has 0 unspecified atom stereocenters. The Kier molecular flexibility index (Phi) is 11.8. The van der Waals surface area contributed by atoms with Crippen molar-refractivity contribution >= 4 is 31.6 Å². The van der Waals surface area contributed by atoms with Crippen molar-refractivity contribution in [2.45, 2.75) is 155 Å². The molecule has 0 amide bonds. The van der Waals surface area contributed by atoms with Crippen LogP contribution in [0.5, 0.6) is 0 Å². The second kappa shape index (κ2) is 16.0. The number of thioether (sulfide) groups is 2. The molecule has 0 saturated carbocycles. The summed E-state index contributed by atoms with van der Waals surface area (Å²) in [6.45, 7) is 10.5. The van der Waals surface area contributed by atoms with Gasteiger partial charge in [-0.25, -0.2) is 0 Å². The lowest BCUT2D eigenvalue weighted by molar-refractivity contribution is -0.306. The molecule has 5 saturated heterocycles. The van der Waals surface area contributed by atoms with E-state index in [1.807, 2.05) is 6.07 Å². The molecule has 0 N–H and O–H groups in total. The molecule has 272 valence electrons. The van der Waals surface area contributed by atoms with E-state index >= 15 is 0 Å². The van der Waals surface area contributed by atoms with Gasteiger partial charge in [0.25, 0.3) is 0 Å². The Morgan fingerprint density at radius 3 is 2.00 bits per heavy atom. The number of rotatable bonds is 13. The second-order valence-corrected chi connectivity index (χ2v) is 24.1. The van der Waals surface area contributed by atoms with Crippen LogP contribution in [0.2, 0.25) is 18.1 Å². The Labute approximate surface area is 309 Å². The fraction of sp³-hybridized carbons (Fsp3) is 0.659. The first-order valence-electron chi connectivity index (χ1n) is 19.0. The van der Waals surface area contributed by atoms with E-state index in [2.05, 4.69) is 112 Å². The molecule has 5 aliphatic rings. The highest BCUT2D eigenvalue weighted by atomic mass is 32.2. The largest absolute Gasteiger partial charge is 0.369 e. The summed E-state index contributed by atoms with van der Waals surface area (Å²) in [6.07, 6.45) is 8.70. The molecule has 10 atom stereocenters. The van der Waals surface area contributed by atoms with E-state index in [1.54, 1.807) is 0 Å². The van der Waals surface area contributed by atoms with Crippen LogP contribution in [-0.4, -0.2) is 83.8 Å². The third-order valence-electron chi connectivity index (χ3n) is 12.4. The average molecular weight is 737 g/mol. The van der Waals surface area contributed by atoms with Crippen molar-refractivity contribution in [3.63, 3.8) is 0 Å². The minimum atomic E-state index is -1.82. The summed E-state index contributed by atoms with van der Waals surface area (Å²) in [5.74, 6) is 5.27. The number of hydrogen-bond acceptors (Lipinski definition) is 8. The highest BCUT2D eigenvalue weighted by Crippen LogP contribution is 2.58. The highest BCUT2D eigenvalue weighted by molar-refractivity contribution is 8.18. The molecule has 9 heteroatoms. The Bertz CT molecular complexity index is 1420. The van der Waals surface area contributed by atoms with Crippen molar-refractivity contribution in [2.75, 3.05) is 11.5 Å². The smallest absolute Gasteiger partial charge is 0.115 e.